The molecule has 1 saturated carbocycles. The van der Waals surface area contributed by atoms with Crippen LogP contribution in [0.15, 0.2) is 0 Å². The standard InChI is InChI=1S/C10H16N2O2/c1-7-9(14)12(6-8(13)11-7)10(2)4-3-5-10/h7H,3-6H2,1-2H3,(H,11,13). The first-order valence-corrected chi connectivity index (χ1v) is 5.14. The summed E-state index contributed by atoms with van der Waals surface area (Å²) in [6, 6.07) is -0.353. The van der Waals surface area contributed by atoms with Gasteiger partial charge in [0, 0.05) is 5.54 Å². The summed E-state index contributed by atoms with van der Waals surface area (Å²) in [6.45, 7) is 4.05. The van der Waals surface area contributed by atoms with Crippen molar-refractivity contribution in [2.24, 2.45) is 0 Å². The zero-order valence-electron chi connectivity index (χ0n) is 8.67. The molecule has 0 spiro atoms. The van der Waals surface area contributed by atoms with Crippen molar-refractivity contribution < 1.29 is 9.59 Å². The van der Waals surface area contributed by atoms with Crippen molar-refractivity contribution in [1.29, 1.82) is 0 Å². The molecule has 78 valence electrons. The van der Waals surface area contributed by atoms with E-state index in [4.69, 9.17) is 0 Å². The van der Waals surface area contributed by atoms with Gasteiger partial charge in [0.2, 0.25) is 11.8 Å². The first-order valence-electron chi connectivity index (χ1n) is 5.14. The van der Waals surface area contributed by atoms with Gasteiger partial charge in [-0.1, -0.05) is 0 Å². The highest BCUT2D eigenvalue weighted by atomic mass is 16.2. The molecular formula is C10H16N2O2. The molecule has 4 nitrogen and oxygen atoms in total. The summed E-state index contributed by atoms with van der Waals surface area (Å²) in [6.07, 6.45) is 3.22. The van der Waals surface area contributed by atoms with Crippen molar-refractivity contribution in [3.8, 4) is 0 Å². The smallest absolute Gasteiger partial charge is 0.245 e. The summed E-state index contributed by atoms with van der Waals surface area (Å²) in [5.41, 5.74) is -0.0525. The van der Waals surface area contributed by atoms with E-state index in [1.807, 2.05) is 0 Å². The predicted molar refractivity (Wildman–Crippen MR) is 51.6 cm³/mol. The van der Waals surface area contributed by atoms with Crippen LogP contribution in [-0.2, 0) is 9.59 Å². The number of carbonyl (C=O) groups is 2. The van der Waals surface area contributed by atoms with Gasteiger partial charge in [0.1, 0.15) is 12.6 Å². The molecule has 2 aliphatic rings. The number of piperazine rings is 1. The van der Waals surface area contributed by atoms with Crippen LogP contribution in [0.5, 0.6) is 0 Å². The summed E-state index contributed by atoms with van der Waals surface area (Å²) in [7, 11) is 0. The second-order valence-electron chi connectivity index (χ2n) is 4.56. The number of carbonyl (C=O) groups excluding carboxylic acids is 2. The van der Waals surface area contributed by atoms with E-state index >= 15 is 0 Å². The summed E-state index contributed by atoms with van der Waals surface area (Å²) < 4.78 is 0. The van der Waals surface area contributed by atoms with Crippen molar-refractivity contribution in [2.45, 2.75) is 44.7 Å². The molecular weight excluding hydrogens is 180 g/mol. The van der Waals surface area contributed by atoms with Crippen molar-refractivity contribution in [3.63, 3.8) is 0 Å². The van der Waals surface area contributed by atoms with Crippen LogP contribution in [0.1, 0.15) is 33.1 Å². The molecule has 0 bridgehead atoms. The molecule has 1 N–H and O–H groups in total. The second-order valence-corrected chi connectivity index (χ2v) is 4.56. The maximum Gasteiger partial charge on any atom is 0.245 e. The number of nitrogens with one attached hydrogen (secondary N) is 1. The second kappa shape index (κ2) is 2.97. The van der Waals surface area contributed by atoms with Crippen LogP contribution >= 0.6 is 0 Å². The van der Waals surface area contributed by atoms with E-state index in [1.54, 1.807) is 11.8 Å². The molecule has 1 unspecified atom stereocenters. The van der Waals surface area contributed by atoms with E-state index in [9.17, 15) is 9.59 Å². The first-order chi connectivity index (χ1) is 6.53. The average Bonchev–Trinajstić information content (AvgIpc) is 2.07. The Labute approximate surface area is 83.6 Å². The van der Waals surface area contributed by atoms with E-state index in [-0.39, 0.29) is 29.9 Å². The zero-order valence-corrected chi connectivity index (χ0v) is 8.67. The molecule has 4 heteroatoms. The highest BCUT2D eigenvalue weighted by Gasteiger charge is 2.44. The number of nitrogens with zero attached hydrogens (tertiary/aromatic N) is 1. The molecule has 1 atom stereocenters. The normalized spacial score (nSPS) is 31.0. The molecule has 0 aromatic carbocycles. The number of hydrogen-bond acceptors (Lipinski definition) is 2. The molecule has 0 aromatic heterocycles. The van der Waals surface area contributed by atoms with E-state index in [0.29, 0.717) is 0 Å². The molecule has 2 fully saturated rings. The van der Waals surface area contributed by atoms with E-state index in [1.165, 1.54) is 0 Å². The van der Waals surface area contributed by atoms with E-state index < -0.39 is 0 Å². The van der Waals surface area contributed by atoms with Gasteiger partial charge in [0.15, 0.2) is 0 Å². The van der Waals surface area contributed by atoms with Crippen molar-refractivity contribution in [1.82, 2.24) is 10.2 Å². The van der Waals surface area contributed by atoms with Gasteiger partial charge >= 0.3 is 0 Å². The van der Waals surface area contributed by atoms with Gasteiger partial charge in [-0.05, 0) is 33.1 Å². The Morgan fingerprint density at radius 1 is 1.43 bits per heavy atom. The summed E-state index contributed by atoms with van der Waals surface area (Å²) in [5.74, 6) is 0.0250. The Morgan fingerprint density at radius 2 is 2.07 bits per heavy atom. The monoisotopic (exact) mass is 196 g/mol. The molecule has 1 aliphatic heterocycles. The number of amides is 2. The van der Waals surface area contributed by atoms with Gasteiger partial charge in [0.05, 0.1) is 0 Å². The van der Waals surface area contributed by atoms with E-state index in [0.717, 1.165) is 19.3 Å². The largest absolute Gasteiger partial charge is 0.343 e. The van der Waals surface area contributed by atoms with Crippen LogP contribution in [0.2, 0.25) is 0 Å². The minimum absolute atomic E-state index is 0.0368. The minimum atomic E-state index is -0.353. The fraction of sp³-hybridized carbons (Fsp3) is 0.800. The van der Waals surface area contributed by atoms with Crippen LogP contribution in [-0.4, -0.2) is 34.8 Å². The molecule has 0 radical (unpaired) electrons. The molecule has 0 aromatic rings. The van der Waals surface area contributed by atoms with Crippen LogP contribution in [0.3, 0.4) is 0 Å². The van der Waals surface area contributed by atoms with Crippen LogP contribution in [0.25, 0.3) is 0 Å². The molecule has 1 aliphatic carbocycles. The third kappa shape index (κ3) is 1.29. The average molecular weight is 196 g/mol. The van der Waals surface area contributed by atoms with Gasteiger partial charge in [-0.15, -0.1) is 0 Å². The van der Waals surface area contributed by atoms with Crippen LogP contribution < -0.4 is 5.32 Å². The first kappa shape index (κ1) is 9.49. The fourth-order valence-electron chi connectivity index (χ4n) is 2.22. The number of rotatable bonds is 1. The van der Waals surface area contributed by atoms with Crippen molar-refractivity contribution in [2.75, 3.05) is 6.54 Å². The lowest BCUT2D eigenvalue weighted by Crippen LogP contribution is -2.65. The van der Waals surface area contributed by atoms with Crippen molar-refractivity contribution in [3.05, 3.63) is 0 Å². The summed E-state index contributed by atoms with van der Waals surface area (Å²) in [4.78, 5) is 24.9. The fourth-order valence-corrected chi connectivity index (χ4v) is 2.22. The Bertz CT molecular complexity index is 284. The Hall–Kier alpha value is -1.06. The third-order valence-electron chi connectivity index (χ3n) is 3.40. The SMILES string of the molecule is CC1NC(=O)CN(C2(C)CCC2)C1=O. The zero-order chi connectivity index (χ0) is 10.3. The lowest BCUT2D eigenvalue weighted by Gasteiger charge is -2.50. The highest BCUT2D eigenvalue weighted by molar-refractivity contribution is 5.95. The highest BCUT2D eigenvalue weighted by Crippen LogP contribution is 2.37. The number of hydrogen-bond donors (Lipinski definition) is 1. The lowest BCUT2D eigenvalue weighted by molar-refractivity contribution is -0.153. The van der Waals surface area contributed by atoms with E-state index in [2.05, 4.69) is 12.2 Å². The van der Waals surface area contributed by atoms with Crippen LogP contribution in [0.4, 0.5) is 0 Å². The van der Waals surface area contributed by atoms with Crippen molar-refractivity contribution >= 4 is 11.8 Å². The topological polar surface area (TPSA) is 49.4 Å². The van der Waals surface area contributed by atoms with Gasteiger partial charge in [0.25, 0.3) is 0 Å². The van der Waals surface area contributed by atoms with Gasteiger partial charge in [-0.2, -0.15) is 0 Å². The Morgan fingerprint density at radius 3 is 2.57 bits per heavy atom. The third-order valence-corrected chi connectivity index (χ3v) is 3.40. The lowest BCUT2D eigenvalue weighted by atomic mass is 9.76. The molecule has 1 heterocycles. The predicted octanol–water partition coefficient (Wildman–Crippen LogP) is 0.276. The molecule has 2 rings (SSSR count). The minimum Gasteiger partial charge on any atom is -0.343 e. The van der Waals surface area contributed by atoms with Crippen LogP contribution in [0, 0.1) is 0 Å². The molecule has 2 amide bonds. The summed E-state index contributed by atoms with van der Waals surface area (Å²) in [5, 5.41) is 2.65. The quantitative estimate of drug-likeness (QED) is 0.654. The van der Waals surface area contributed by atoms with Gasteiger partial charge in [-0.25, -0.2) is 0 Å². The Kier molecular flexibility index (Phi) is 2.01. The summed E-state index contributed by atoms with van der Waals surface area (Å²) >= 11 is 0. The Balaban J connectivity index is 2.16. The molecule has 1 saturated heterocycles. The maximum atomic E-state index is 11.8. The molecule has 14 heavy (non-hydrogen) atoms. The maximum absolute atomic E-state index is 11.8. The van der Waals surface area contributed by atoms with Gasteiger partial charge in [-0.3, -0.25) is 9.59 Å². The van der Waals surface area contributed by atoms with Gasteiger partial charge < -0.3 is 10.2 Å².